The highest BCUT2D eigenvalue weighted by atomic mass is 32.2. The molecule has 0 aliphatic carbocycles. The molecule has 0 N–H and O–H groups in total. The fourth-order valence-electron chi connectivity index (χ4n) is 1.49. The van der Waals surface area contributed by atoms with Crippen LogP contribution in [-0.2, 0) is 0 Å². The zero-order chi connectivity index (χ0) is 9.54. The van der Waals surface area contributed by atoms with Crippen LogP contribution in [0.3, 0.4) is 0 Å². The number of hydrogen-bond acceptors (Lipinski definition) is 4. The summed E-state index contributed by atoms with van der Waals surface area (Å²) in [5.41, 5.74) is 2.03. The molecule has 0 aliphatic heterocycles. The molecule has 4 heteroatoms. The molecule has 0 unspecified atom stereocenters. The Morgan fingerprint density at radius 1 is 1.50 bits per heavy atom. The van der Waals surface area contributed by atoms with Crippen LogP contribution in [0.5, 0.6) is 0 Å². The van der Waals surface area contributed by atoms with Crippen LogP contribution >= 0.6 is 23.1 Å². The third-order valence-corrected chi connectivity index (χ3v) is 4.25. The van der Waals surface area contributed by atoms with E-state index in [4.69, 9.17) is 4.42 Å². The maximum atomic E-state index is 5.60. The highest BCUT2D eigenvalue weighted by Gasteiger charge is 2.14. The first kappa shape index (κ1) is 8.56. The predicted molar refractivity (Wildman–Crippen MR) is 61.6 cm³/mol. The molecule has 0 fully saturated rings. The van der Waals surface area contributed by atoms with E-state index < -0.39 is 0 Å². The SMILES string of the molecule is CCCSc1ccc2sc3nc2c1o3. The monoisotopic (exact) mass is 223 g/mol. The van der Waals surface area contributed by atoms with E-state index in [0.717, 1.165) is 21.9 Å². The second-order valence-corrected chi connectivity index (χ2v) is 5.30. The van der Waals surface area contributed by atoms with Gasteiger partial charge in [-0.15, -0.1) is 11.8 Å². The fraction of sp³-hybridized carbons (Fsp3) is 0.300. The molecule has 0 amide bonds. The molecule has 0 saturated carbocycles. The van der Waals surface area contributed by atoms with E-state index in [-0.39, 0.29) is 0 Å². The van der Waals surface area contributed by atoms with Crippen molar-refractivity contribution >= 4 is 43.9 Å². The van der Waals surface area contributed by atoms with Crippen LogP contribution < -0.4 is 0 Å². The first-order valence-electron chi connectivity index (χ1n) is 4.62. The van der Waals surface area contributed by atoms with E-state index in [2.05, 4.69) is 24.0 Å². The molecule has 2 aromatic heterocycles. The standard InChI is InChI=1S/C10H9NOS2/c1-2-5-13-7-4-3-6-8-9(7)12-10(11-8)14-6/h3-4H,2,5H2,1H3. The number of thiazole rings is 1. The van der Waals surface area contributed by atoms with Gasteiger partial charge in [-0.25, -0.2) is 0 Å². The highest BCUT2D eigenvalue weighted by molar-refractivity contribution is 7.99. The van der Waals surface area contributed by atoms with Crippen LogP contribution in [0.1, 0.15) is 13.3 Å². The Bertz CT molecular complexity index is 554. The van der Waals surface area contributed by atoms with Crippen molar-refractivity contribution in [3.05, 3.63) is 12.1 Å². The molecule has 0 radical (unpaired) electrons. The molecule has 3 rings (SSSR count). The molecular weight excluding hydrogens is 214 g/mol. The van der Waals surface area contributed by atoms with E-state index in [0.29, 0.717) is 0 Å². The van der Waals surface area contributed by atoms with Gasteiger partial charge in [0, 0.05) is 0 Å². The average Bonchev–Trinajstić information content (AvgIpc) is 2.75. The summed E-state index contributed by atoms with van der Waals surface area (Å²) in [6.45, 7) is 2.19. The normalized spacial score (nSPS) is 12.1. The molecule has 1 aromatic carbocycles. The van der Waals surface area contributed by atoms with Crippen molar-refractivity contribution in [1.29, 1.82) is 0 Å². The van der Waals surface area contributed by atoms with E-state index >= 15 is 0 Å². The zero-order valence-electron chi connectivity index (χ0n) is 7.74. The van der Waals surface area contributed by atoms with Gasteiger partial charge in [0.05, 0.1) is 9.60 Å². The Morgan fingerprint density at radius 3 is 3.21 bits per heavy atom. The maximum absolute atomic E-state index is 5.60. The third-order valence-electron chi connectivity index (χ3n) is 2.11. The van der Waals surface area contributed by atoms with Gasteiger partial charge in [-0.1, -0.05) is 18.3 Å². The minimum absolute atomic E-state index is 0.795. The number of nitrogens with zero attached hydrogens (tertiary/aromatic N) is 1. The molecule has 2 heterocycles. The van der Waals surface area contributed by atoms with Gasteiger partial charge in [-0.3, -0.25) is 0 Å². The lowest BCUT2D eigenvalue weighted by molar-refractivity contribution is 0.660. The molecule has 3 aromatic rings. The Kier molecular flexibility index (Phi) is 1.92. The zero-order valence-corrected chi connectivity index (χ0v) is 9.37. The first-order valence-corrected chi connectivity index (χ1v) is 6.43. The number of fused-ring (bicyclic) bond motifs is 1. The molecule has 0 spiro atoms. The Hall–Kier alpha value is -0.740. The molecule has 2 nitrogen and oxygen atoms in total. The minimum Gasteiger partial charge on any atom is -0.427 e. The molecule has 14 heavy (non-hydrogen) atoms. The summed E-state index contributed by atoms with van der Waals surface area (Å²) in [5.74, 6) is 1.14. The quantitative estimate of drug-likeness (QED) is 0.628. The van der Waals surface area contributed by atoms with E-state index in [1.807, 2.05) is 11.8 Å². The highest BCUT2D eigenvalue weighted by Crippen LogP contribution is 2.37. The number of thioether (sulfide) groups is 1. The van der Waals surface area contributed by atoms with Crippen LogP contribution in [0.25, 0.3) is 20.8 Å². The van der Waals surface area contributed by atoms with Gasteiger partial charge < -0.3 is 4.42 Å². The molecule has 0 saturated heterocycles. The van der Waals surface area contributed by atoms with Crippen molar-refractivity contribution in [2.45, 2.75) is 18.2 Å². The smallest absolute Gasteiger partial charge is 0.280 e. The lowest BCUT2D eigenvalue weighted by atomic mass is 10.3. The van der Waals surface area contributed by atoms with Crippen molar-refractivity contribution in [1.82, 2.24) is 4.98 Å². The summed E-state index contributed by atoms with van der Waals surface area (Å²) in [6.07, 6.45) is 1.18. The molecular formula is C10H9NOS2. The summed E-state index contributed by atoms with van der Waals surface area (Å²) in [6, 6.07) is 4.28. The van der Waals surface area contributed by atoms with Gasteiger partial charge in [-0.05, 0) is 24.3 Å². The summed E-state index contributed by atoms with van der Waals surface area (Å²) >= 11 is 3.47. The van der Waals surface area contributed by atoms with Gasteiger partial charge in [0.25, 0.3) is 5.03 Å². The number of rotatable bonds is 3. The number of hydrogen-bond donors (Lipinski definition) is 0. The number of aromatic nitrogens is 1. The van der Waals surface area contributed by atoms with E-state index in [9.17, 15) is 0 Å². The lowest BCUT2D eigenvalue weighted by Gasteiger charge is -2.00. The second-order valence-electron chi connectivity index (χ2n) is 3.17. The largest absolute Gasteiger partial charge is 0.427 e. The van der Waals surface area contributed by atoms with E-state index in [1.54, 1.807) is 11.3 Å². The number of oxazole rings is 1. The van der Waals surface area contributed by atoms with Gasteiger partial charge in [0.15, 0.2) is 5.58 Å². The summed E-state index contributed by atoms with van der Waals surface area (Å²) in [4.78, 5) is 5.58. The van der Waals surface area contributed by atoms with Crippen molar-refractivity contribution in [2.75, 3.05) is 5.75 Å². The van der Waals surface area contributed by atoms with Gasteiger partial charge in [0.2, 0.25) is 0 Å². The first-order chi connectivity index (χ1) is 6.88. The van der Waals surface area contributed by atoms with Gasteiger partial charge >= 0.3 is 0 Å². The van der Waals surface area contributed by atoms with Crippen LogP contribution in [0.4, 0.5) is 0 Å². The average molecular weight is 223 g/mol. The van der Waals surface area contributed by atoms with Crippen molar-refractivity contribution < 1.29 is 4.42 Å². The number of benzene rings is 1. The predicted octanol–water partition coefficient (Wildman–Crippen LogP) is 3.98. The Labute approximate surface area is 89.6 Å². The maximum Gasteiger partial charge on any atom is 0.280 e. The van der Waals surface area contributed by atoms with Gasteiger partial charge in [-0.2, -0.15) is 4.98 Å². The fourth-order valence-corrected chi connectivity index (χ4v) is 3.17. The van der Waals surface area contributed by atoms with Crippen LogP contribution in [0.15, 0.2) is 21.4 Å². The molecule has 0 atom stereocenters. The molecule has 2 bridgehead atoms. The van der Waals surface area contributed by atoms with Crippen LogP contribution in [0.2, 0.25) is 0 Å². The second kappa shape index (κ2) is 3.14. The van der Waals surface area contributed by atoms with Gasteiger partial charge in [0.1, 0.15) is 5.52 Å². The molecule has 72 valence electrons. The third kappa shape index (κ3) is 1.14. The van der Waals surface area contributed by atoms with Crippen LogP contribution in [-0.4, -0.2) is 10.7 Å². The van der Waals surface area contributed by atoms with E-state index in [1.165, 1.54) is 16.0 Å². The minimum atomic E-state index is 0.795. The summed E-state index contributed by atoms with van der Waals surface area (Å²) in [7, 11) is 0. The Morgan fingerprint density at radius 2 is 2.43 bits per heavy atom. The van der Waals surface area contributed by atoms with Crippen molar-refractivity contribution in [2.24, 2.45) is 0 Å². The Balaban J connectivity index is 2.14. The lowest BCUT2D eigenvalue weighted by Crippen LogP contribution is -1.77. The molecule has 0 aliphatic rings. The summed E-state index contributed by atoms with van der Waals surface area (Å²) < 4.78 is 6.84. The summed E-state index contributed by atoms with van der Waals surface area (Å²) in [5, 5.41) is 0.795. The van der Waals surface area contributed by atoms with Crippen LogP contribution in [0, 0.1) is 0 Å². The topological polar surface area (TPSA) is 26.0 Å². The van der Waals surface area contributed by atoms with Crippen molar-refractivity contribution in [3.8, 4) is 0 Å². The van der Waals surface area contributed by atoms with Crippen molar-refractivity contribution in [3.63, 3.8) is 0 Å².